The maximum absolute atomic E-state index is 3.55. The Hall–Kier alpha value is -1.70. The van der Waals surface area contributed by atoms with Gasteiger partial charge in [-0.25, -0.2) is 0 Å². The fraction of sp³-hybridized carbons (Fsp3) is 0.444. The smallest absolute Gasteiger partial charge is 0.0645 e. The molecule has 0 aliphatic heterocycles. The largest absolute Gasteiger partial charge is 0.319 e. The highest BCUT2D eigenvalue weighted by molar-refractivity contribution is 5.27. The molecule has 1 unspecified atom stereocenters. The summed E-state index contributed by atoms with van der Waals surface area (Å²) in [7, 11) is 0. The first-order valence-corrected chi connectivity index (χ1v) is 7.47. The first-order valence-electron chi connectivity index (χ1n) is 7.47. The molecule has 2 rings (SSSR count). The zero-order chi connectivity index (χ0) is 14.7. The molecule has 2 nitrogen and oxygen atoms in total. The van der Waals surface area contributed by atoms with Crippen molar-refractivity contribution in [3.05, 3.63) is 58.9 Å². The summed E-state index contributed by atoms with van der Waals surface area (Å²) in [5.74, 6) is 0.710. The van der Waals surface area contributed by atoms with Crippen LogP contribution in [0.4, 0.5) is 0 Å². The number of hydrogen-bond donors (Lipinski definition) is 1. The molecule has 1 N–H and O–H groups in total. The summed E-state index contributed by atoms with van der Waals surface area (Å²) in [4.78, 5) is 0. The first-order chi connectivity index (χ1) is 9.47. The van der Waals surface area contributed by atoms with Crippen LogP contribution in [0.1, 0.15) is 49.3 Å². The van der Waals surface area contributed by atoms with Gasteiger partial charge < -0.3 is 5.43 Å². The second kappa shape index (κ2) is 6.17. The van der Waals surface area contributed by atoms with Crippen molar-refractivity contribution < 1.29 is 0 Å². The minimum absolute atomic E-state index is 0.299. The maximum Gasteiger partial charge on any atom is 0.0645 e. The Balaban J connectivity index is 2.08. The van der Waals surface area contributed by atoms with Gasteiger partial charge in [-0.2, -0.15) is 0 Å². The number of benzene rings is 1. The third kappa shape index (κ3) is 3.44. The van der Waals surface area contributed by atoms with Crippen LogP contribution >= 0.6 is 0 Å². The van der Waals surface area contributed by atoms with E-state index in [2.05, 4.69) is 81.1 Å². The van der Waals surface area contributed by atoms with Gasteiger partial charge in [-0.1, -0.05) is 38.1 Å². The molecule has 1 atom stereocenters. The van der Waals surface area contributed by atoms with E-state index < -0.39 is 0 Å². The maximum atomic E-state index is 3.55. The monoisotopic (exact) mass is 270 g/mol. The Morgan fingerprint density at radius 1 is 0.900 bits per heavy atom. The third-order valence-electron chi connectivity index (χ3n) is 3.72. The van der Waals surface area contributed by atoms with E-state index in [1.54, 1.807) is 0 Å². The number of nitrogens with zero attached hydrogens (tertiary/aromatic N) is 1. The van der Waals surface area contributed by atoms with Gasteiger partial charge in [0.25, 0.3) is 0 Å². The molecular formula is C18H26N2. The molecule has 1 aromatic heterocycles. The van der Waals surface area contributed by atoms with Gasteiger partial charge in [0.1, 0.15) is 0 Å². The standard InChI is InChI=1S/C18H26N2/c1-13(2)12-17-8-10-18(11-9-17)16(5)19-20-14(3)6-7-15(20)4/h6-11,13,16,19H,12H2,1-5H3. The Kier molecular flexibility index (Phi) is 4.53. The molecule has 20 heavy (non-hydrogen) atoms. The van der Waals surface area contributed by atoms with Gasteiger partial charge in [-0.15, -0.1) is 0 Å². The summed E-state index contributed by atoms with van der Waals surface area (Å²) in [5.41, 5.74) is 8.78. The summed E-state index contributed by atoms with van der Waals surface area (Å²) in [5, 5.41) is 0. The van der Waals surface area contributed by atoms with Crippen LogP contribution in [0.15, 0.2) is 36.4 Å². The number of aromatic nitrogens is 1. The summed E-state index contributed by atoms with van der Waals surface area (Å²) in [6.07, 6.45) is 1.15. The van der Waals surface area contributed by atoms with E-state index >= 15 is 0 Å². The normalized spacial score (nSPS) is 12.7. The second-order valence-corrected chi connectivity index (χ2v) is 6.14. The zero-order valence-electron chi connectivity index (χ0n) is 13.3. The number of aryl methyl sites for hydroxylation is 2. The summed E-state index contributed by atoms with van der Waals surface area (Å²) >= 11 is 0. The number of rotatable bonds is 5. The molecule has 1 aromatic carbocycles. The van der Waals surface area contributed by atoms with Gasteiger partial charge in [0, 0.05) is 11.4 Å². The topological polar surface area (TPSA) is 17.0 Å². The van der Waals surface area contributed by atoms with Crippen molar-refractivity contribution in [1.29, 1.82) is 0 Å². The van der Waals surface area contributed by atoms with Gasteiger partial charge in [0.2, 0.25) is 0 Å². The van der Waals surface area contributed by atoms with Crippen LogP contribution in [-0.2, 0) is 6.42 Å². The molecule has 2 heteroatoms. The molecule has 1 heterocycles. The Bertz CT molecular complexity index is 530. The van der Waals surface area contributed by atoms with Crippen molar-refractivity contribution in [2.75, 3.05) is 5.43 Å². The number of hydrogen-bond acceptors (Lipinski definition) is 1. The van der Waals surface area contributed by atoms with Crippen molar-refractivity contribution in [3.8, 4) is 0 Å². The lowest BCUT2D eigenvalue weighted by Gasteiger charge is -2.20. The van der Waals surface area contributed by atoms with Gasteiger partial charge in [0.15, 0.2) is 0 Å². The van der Waals surface area contributed by atoms with Crippen LogP contribution in [0.3, 0.4) is 0 Å². The van der Waals surface area contributed by atoms with Crippen LogP contribution < -0.4 is 5.43 Å². The minimum Gasteiger partial charge on any atom is -0.319 e. The lowest BCUT2D eigenvalue weighted by molar-refractivity contribution is 0.646. The van der Waals surface area contributed by atoms with Crippen LogP contribution in [0, 0.1) is 19.8 Å². The van der Waals surface area contributed by atoms with Gasteiger partial charge >= 0.3 is 0 Å². The summed E-state index contributed by atoms with van der Waals surface area (Å²) in [6.45, 7) is 11.0. The van der Waals surface area contributed by atoms with Crippen LogP contribution in [-0.4, -0.2) is 4.68 Å². The molecule has 0 spiro atoms. The predicted molar refractivity (Wildman–Crippen MR) is 86.7 cm³/mol. The molecule has 0 amide bonds. The lowest BCUT2D eigenvalue weighted by Crippen LogP contribution is -2.20. The van der Waals surface area contributed by atoms with Crippen LogP contribution in [0.2, 0.25) is 0 Å². The van der Waals surface area contributed by atoms with E-state index in [-0.39, 0.29) is 0 Å². The van der Waals surface area contributed by atoms with E-state index in [4.69, 9.17) is 0 Å². The van der Waals surface area contributed by atoms with Gasteiger partial charge in [0.05, 0.1) is 6.04 Å². The second-order valence-electron chi connectivity index (χ2n) is 6.14. The Morgan fingerprint density at radius 2 is 1.45 bits per heavy atom. The van der Waals surface area contributed by atoms with Crippen molar-refractivity contribution in [1.82, 2.24) is 4.68 Å². The van der Waals surface area contributed by atoms with Gasteiger partial charge in [-0.05, 0) is 56.4 Å². The molecule has 0 bridgehead atoms. The first kappa shape index (κ1) is 14.7. The molecule has 0 fully saturated rings. The van der Waals surface area contributed by atoms with Crippen molar-refractivity contribution in [2.24, 2.45) is 5.92 Å². The quantitative estimate of drug-likeness (QED) is 0.839. The summed E-state index contributed by atoms with van der Waals surface area (Å²) in [6, 6.07) is 13.6. The highest BCUT2D eigenvalue weighted by Crippen LogP contribution is 2.17. The average Bonchev–Trinajstić information content (AvgIpc) is 2.70. The van der Waals surface area contributed by atoms with E-state index in [0.717, 1.165) is 6.42 Å². The highest BCUT2D eigenvalue weighted by Gasteiger charge is 2.08. The predicted octanol–water partition coefficient (Wildman–Crippen LogP) is 4.61. The molecule has 2 aromatic rings. The van der Waals surface area contributed by atoms with E-state index in [0.29, 0.717) is 12.0 Å². The highest BCUT2D eigenvalue weighted by atomic mass is 15.4. The Morgan fingerprint density at radius 3 is 1.95 bits per heavy atom. The minimum atomic E-state index is 0.299. The van der Waals surface area contributed by atoms with E-state index in [1.165, 1.54) is 22.5 Å². The molecule has 0 saturated heterocycles. The van der Waals surface area contributed by atoms with Crippen LogP contribution in [0.25, 0.3) is 0 Å². The molecule has 0 radical (unpaired) electrons. The van der Waals surface area contributed by atoms with Crippen molar-refractivity contribution >= 4 is 0 Å². The average molecular weight is 270 g/mol. The molecule has 108 valence electrons. The zero-order valence-corrected chi connectivity index (χ0v) is 13.3. The van der Waals surface area contributed by atoms with Crippen molar-refractivity contribution in [2.45, 2.75) is 47.1 Å². The molecule has 0 aliphatic rings. The molecule has 0 aliphatic carbocycles. The fourth-order valence-corrected chi connectivity index (χ4v) is 2.55. The van der Waals surface area contributed by atoms with E-state index in [1.807, 2.05) is 0 Å². The lowest BCUT2D eigenvalue weighted by atomic mass is 10.00. The number of nitrogens with one attached hydrogen (secondary N) is 1. The molecular weight excluding hydrogens is 244 g/mol. The third-order valence-corrected chi connectivity index (χ3v) is 3.72. The van der Waals surface area contributed by atoms with Gasteiger partial charge in [-0.3, -0.25) is 4.68 Å². The van der Waals surface area contributed by atoms with Crippen LogP contribution in [0.5, 0.6) is 0 Å². The Labute approximate surface area is 122 Å². The SMILES string of the molecule is Cc1ccc(C)n1NC(C)c1ccc(CC(C)C)cc1. The van der Waals surface area contributed by atoms with E-state index in [9.17, 15) is 0 Å². The summed E-state index contributed by atoms with van der Waals surface area (Å²) < 4.78 is 2.16. The fourth-order valence-electron chi connectivity index (χ4n) is 2.55. The van der Waals surface area contributed by atoms with Crippen molar-refractivity contribution in [3.63, 3.8) is 0 Å². The molecule has 0 saturated carbocycles.